The monoisotopic (exact) mass is 272 g/mol. The second-order valence-electron chi connectivity index (χ2n) is 4.15. The summed E-state index contributed by atoms with van der Waals surface area (Å²) in [5.41, 5.74) is 0.512. The van der Waals surface area contributed by atoms with Crippen molar-refractivity contribution in [1.82, 2.24) is 4.98 Å². The molecule has 0 atom stereocenters. The van der Waals surface area contributed by atoms with E-state index >= 15 is 0 Å². The van der Waals surface area contributed by atoms with Crippen LogP contribution in [0.4, 0.5) is 5.69 Å². The van der Waals surface area contributed by atoms with Gasteiger partial charge >= 0.3 is 0 Å². The van der Waals surface area contributed by atoms with Crippen molar-refractivity contribution >= 4 is 11.6 Å². The van der Waals surface area contributed by atoms with Gasteiger partial charge in [-0.1, -0.05) is 0 Å². The van der Waals surface area contributed by atoms with Crippen molar-refractivity contribution in [3.8, 4) is 23.1 Å². The molecule has 0 bridgehead atoms. The Kier molecular flexibility index (Phi) is 3.12. The number of anilines is 1. The topological polar surface area (TPSA) is 69.7 Å². The molecule has 1 amide bonds. The minimum atomic E-state index is -0.187. The lowest BCUT2D eigenvalue weighted by Gasteiger charge is -2.10. The summed E-state index contributed by atoms with van der Waals surface area (Å²) in [6.45, 7) is 1.64. The number of carbonyl (C=O) groups is 1. The van der Waals surface area contributed by atoms with E-state index in [4.69, 9.17) is 14.2 Å². The number of ether oxygens (including phenoxy) is 3. The van der Waals surface area contributed by atoms with E-state index in [-0.39, 0.29) is 12.7 Å². The molecule has 3 rings (SSSR count). The minimum absolute atomic E-state index is 0.187. The Morgan fingerprint density at radius 2 is 2.15 bits per heavy atom. The fourth-order valence-electron chi connectivity index (χ4n) is 1.81. The summed E-state index contributed by atoms with van der Waals surface area (Å²) in [6.07, 6.45) is 1.59. The molecule has 0 radical (unpaired) electrons. The van der Waals surface area contributed by atoms with Crippen molar-refractivity contribution < 1.29 is 19.0 Å². The van der Waals surface area contributed by atoms with Crippen LogP contribution >= 0.6 is 0 Å². The average molecular weight is 272 g/mol. The van der Waals surface area contributed by atoms with Crippen molar-refractivity contribution in [3.63, 3.8) is 0 Å². The molecule has 1 aromatic heterocycles. The molecule has 1 aromatic carbocycles. The van der Waals surface area contributed by atoms with Crippen LogP contribution in [0.25, 0.3) is 0 Å². The van der Waals surface area contributed by atoms with Gasteiger partial charge in [0.15, 0.2) is 11.5 Å². The Morgan fingerprint density at radius 1 is 1.30 bits per heavy atom. The van der Waals surface area contributed by atoms with Gasteiger partial charge in [-0.2, -0.15) is 0 Å². The summed E-state index contributed by atoms with van der Waals surface area (Å²) in [6, 6.07) is 8.67. The third-order valence-electron chi connectivity index (χ3n) is 2.64. The molecule has 20 heavy (non-hydrogen) atoms. The molecule has 1 N–H and O–H groups in total. The van der Waals surface area contributed by atoms with Crippen molar-refractivity contribution in [2.45, 2.75) is 6.92 Å². The fourth-order valence-corrected chi connectivity index (χ4v) is 1.81. The van der Waals surface area contributed by atoms with Crippen molar-refractivity contribution in [1.29, 1.82) is 0 Å². The quantitative estimate of drug-likeness (QED) is 0.929. The first-order chi connectivity index (χ1) is 9.72. The van der Waals surface area contributed by atoms with E-state index in [2.05, 4.69) is 10.3 Å². The third kappa shape index (κ3) is 2.49. The highest BCUT2D eigenvalue weighted by Crippen LogP contribution is 2.37. The highest BCUT2D eigenvalue weighted by atomic mass is 16.7. The zero-order valence-electron chi connectivity index (χ0n) is 10.8. The number of hydrogen-bond donors (Lipinski definition) is 1. The first kappa shape index (κ1) is 12.3. The summed E-state index contributed by atoms with van der Waals surface area (Å²) in [4.78, 5) is 15.3. The van der Waals surface area contributed by atoms with Gasteiger partial charge < -0.3 is 19.5 Å². The van der Waals surface area contributed by atoms with Gasteiger partial charge in [0.2, 0.25) is 18.6 Å². The van der Waals surface area contributed by atoms with Gasteiger partial charge in [-0.3, -0.25) is 4.79 Å². The number of fused-ring (bicyclic) bond motifs is 1. The maximum absolute atomic E-state index is 11.1. The third-order valence-corrected chi connectivity index (χ3v) is 2.64. The fraction of sp³-hybridized carbons (Fsp3) is 0.143. The zero-order valence-corrected chi connectivity index (χ0v) is 10.8. The van der Waals surface area contributed by atoms with Gasteiger partial charge in [0.05, 0.1) is 0 Å². The van der Waals surface area contributed by atoms with Crippen LogP contribution in [0.1, 0.15) is 6.92 Å². The number of nitrogens with zero attached hydrogens (tertiary/aromatic N) is 1. The molecular weight excluding hydrogens is 260 g/mol. The van der Waals surface area contributed by atoms with E-state index in [0.29, 0.717) is 28.8 Å². The maximum Gasteiger partial charge on any atom is 0.243 e. The Bertz CT molecular complexity index is 657. The molecule has 0 aliphatic carbocycles. The predicted octanol–water partition coefficient (Wildman–Crippen LogP) is 2.56. The van der Waals surface area contributed by atoms with E-state index in [0.717, 1.165) is 0 Å². The number of carbonyl (C=O) groups excluding carboxylic acids is 1. The number of aromatic nitrogens is 1. The number of pyridine rings is 1. The molecule has 0 unspecified atom stereocenters. The highest BCUT2D eigenvalue weighted by Gasteiger charge is 2.15. The van der Waals surface area contributed by atoms with Gasteiger partial charge in [0, 0.05) is 19.2 Å². The molecule has 6 heteroatoms. The normalized spacial score (nSPS) is 12.1. The average Bonchev–Trinajstić information content (AvgIpc) is 2.88. The first-order valence-corrected chi connectivity index (χ1v) is 6.02. The van der Waals surface area contributed by atoms with Crippen LogP contribution in [0.5, 0.6) is 23.1 Å². The molecular formula is C14H12N2O4. The van der Waals surface area contributed by atoms with Crippen LogP contribution in [0, 0.1) is 0 Å². The Labute approximate surface area is 115 Å². The van der Waals surface area contributed by atoms with E-state index in [9.17, 15) is 4.79 Å². The van der Waals surface area contributed by atoms with Crippen LogP contribution in [-0.4, -0.2) is 17.7 Å². The molecule has 0 fully saturated rings. The molecule has 2 heterocycles. The highest BCUT2D eigenvalue weighted by molar-refractivity contribution is 5.89. The van der Waals surface area contributed by atoms with Crippen LogP contribution in [-0.2, 0) is 4.79 Å². The second kappa shape index (κ2) is 5.08. The number of nitrogens with one attached hydrogen (secondary N) is 1. The number of rotatable bonds is 3. The van der Waals surface area contributed by atoms with E-state index < -0.39 is 0 Å². The second-order valence-corrected chi connectivity index (χ2v) is 4.15. The summed E-state index contributed by atoms with van der Waals surface area (Å²) >= 11 is 0. The van der Waals surface area contributed by atoms with Gasteiger partial charge in [-0.15, -0.1) is 0 Å². The lowest BCUT2D eigenvalue weighted by molar-refractivity contribution is -0.114. The summed E-state index contributed by atoms with van der Waals surface area (Å²) in [7, 11) is 0. The largest absolute Gasteiger partial charge is 0.454 e. The number of hydrogen-bond acceptors (Lipinski definition) is 5. The molecule has 6 nitrogen and oxygen atoms in total. The van der Waals surface area contributed by atoms with Gasteiger partial charge in [-0.05, 0) is 24.3 Å². The van der Waals surface area contributed by atoms with Crippen LogP contribution in [0.15, 0.2) is 36.5 Å². The first-order valence-electron chi connectivity index (χ1n) is 6.02. The summed E-state index contributed by atoms with van der Waals surface area (Å²) in [5.74, 6) is 2.00. The van der Waals surface area contributed by atoms with Crippen molar-refractivity contribution in [2.24, 2.45) is 0 Å². The van der Waals surface area contributed by atoms with Crippen LogP contribution in [0.3, 0.4) is 0 Å². The van der Waals surface area contributed by atoms with Gasteiger partial charge in [-0.25, -0.2) is 4.98 Å². The Balaban J connectivity index is 1.86. The Hall–Kier alpha value is -2.76. The van der Waals surface area contributed by atoms with E-state index in [1.165, 1.54) is 6.92 Å². The lowest BCUT2D eigenvalue weighted by Crippen LogP contribution is -2.07. The SMILES string of the molecule is CC(=O)Nc1cccnc1Oc1ccc2c(c1)OCO2. The maximum atomic E-state index is 11.1. The van der Waals surface area contributed by atoms with Gasteiger partial charge in [0.1, 0.15) is 11.4 Å². The van der Waals surface area contributed by atoms with Crippen LogP contribution in [0.2, 0.25) is 0 Å². The smallest absolute Gasteiger partial charge is 0.243 e. The molecule has 0 spiro atoms. The molecule has 1 aliphatic heterocycles. The number of benzene rings is 1. The van der Waals surface area contributed by atoms with Crippen molar-refractivity contribution in [2.75, 3.05) is 12.1 Å². The summed E-state index contributed by atoms with van der Waals surface area (Å²) < 4.78 is 16.2. The summed E-state index contributed by atoms with van der Waals surface area (Å²) in [5, 5.41) is 2.66. The van der Waals surface area contributed by atoms with Gasteiger partial charge in [0.25, 0.3) is 0 Å². The molecule has 1 aliphatic rings. The van der Waals surface area contributed by atoms with E-state index in [1.807, 2.05) is 0 Å². The minimum Gasteiger partial charge on any atom is -0.454 e. The molecule has 2 aromatic rings. The lowest BCUT2D eigenvalue weighted by atomic mass is 10.3. The standard InChI is InChI=1S/C14H12N2O4/c1-9(17)16-11-3-2-6-15-14(11)20-10-4-5-12-13(7-10)19-8-18-12/h2-7H,8H2,1H3,(H,16,17). The molecule has 102 valence electrons. The van der Waals surface area contributed by atoms with Crippen molar-refractivity contribution in [3.05, 3.63) is 36.5 Å². The van der Waals surface area contributed by atoms with E-state index in [1.54, 1.807) is 36.5 Å². The zero-order chi connectivity index (χ0) is 13.9. The molecule has 0 saturated heterocycles. The Morgan fingerprint density at radius 3 is 3.00 bits per heavy atom. The predicted molar refractivity (Wildman–Crippen MR) is 71.2 cm³/mol. The number of amides is 1. The molecule has 0 saturated carbocycles. The van der Waals surface area contributed by atoms with Crippen LogP contribution < -0.4 is 19.5 Å².